The summed E-state index contributed by atoms with van der Waals surface area (Å²) in [6.45, 7) is 1.47. The standard InChI is InChI=1S/C15H23N3O3/c1-18(2)11-14(19)17-13-7-4-6-12(10-13)15(20)16-8-5-9-21-3/h4,6-7,10H,5,8-9,11H2,1-3H3,(H,16,20)(H,17,19). The number of nitrogens with zero attached hydrogens (tertiary/aromatic N) is 1. The Balaban J connectivity index is 2.55. The van der Waals surface area contributed by atoms with Crippen molar-refractivity contribution in [2.45, 2.75) is 6.42 Å². The molecule has 0 radical (unpaired) electrons. The number of rotatable bonds is 8. The number of carbonyl (C=O) groups excluding carboxylic acids is 2. The summed E-state index contributed by atoms with van der Waals surface area (Å²) in [5, 5.41) is 5.57. The highest BCUT2D eigenvalue weighted by molar-refractivity contribution is 5.97. The van der Waals surface area contributed by atoms with E-state index in [1.165, 1.54) is 0 Å². The van der Waals surface area contributed by atoms with E-state index in [0.29, 0.717) is 30.9 Å². The molecule has 0 spiro atoms. The summed E-state index contributed by atoms with van der Waals surface area (Å²) < 4.78 is 4.92. The van der Waals surface area contributed by atoms with Gasteiger partial charge in [-0.1, -0.05) is 6.07 Å². The molecular formula is C15H23N3O3. The Morgan fingerprint density at radius 2 is 2.05 bits per heavy atom. The van der Waals surface area contributed by atoms with E-state index < -0.39 is 0 Å². The maximum absolute atomic E-state index is 12.0. The molecule has 116 valence electrons. The Hall–Kier alpha value is -1.92. The zero-order valence-electron chi connectivity index (χ0n) is 12.8. The van der Waals surface area contributed by atoms with E-state index in [2.05, 4.69) is 10.6 Å². The Kier molecular flexibility index (Phi) is 7.42. The van der Waals surface area contributed by atoms with Crippen molar-refractivity contribution >= 4 is 17.5 Å². The highest BCUT2D eigenvalue weighted by atomic mass is 16.5. The molecule has 0 aliphatic carbocycles. The molecule has 0 bridgehead atoms. The van der Waals surface area contributed by atoms with Gasteiger partial charge in [-0.25, -0.2) is 0 Å². The Bertz CT molecular complexity index is 475. The number of hydrogen-bond donors (Lipinski definition) is 2. The Morgan fingerprint density at radius 3 is 2.71 bits per heavy atom. The molecule has 2 N–H and O–H groups in total. The minimum absolute atomic E-state index is 0.113. The second kappa shape index (κ2) is 9.10. The second-order valence-electron chi connectivity index (χ2n) is 4.97. The van der Waals surface area contributed by atoms with E-state index in [1.54, 1.807) is 36.3 Å². The van der Waals surface area contributed by atoms with Gasteiger partial charge in [0.15, 0.2) is 0 Å². The number of benzene rings is 1. The zero-order chi connectivity index (χ0) is 15.7. The fraction of sp³-hybridized carbons (Fsp3) is 0.467. The van der Waals surface area contributed by atoms with Gasteiger partial charge in [0.2, 0.25) is 5.91 Å². The second-order valence-corrected chi connectivity index (χ2v) is 4.97. The van der Waals surface area contributed by atoms with Gasteiger partial charge in [0, 0.05) is 31.5 Å². The summed E-state index contributed by atoms with van der Waals surface area (Å²) in [6, 6.07) is 6.89. The Labute approximate surface area is 125 Å². The molecule has 6 nitrogen and oxygen atoms in total. The van der Waals surface area contributed by atoms with Crippen LogP contribution in [0.4, 0.5) is 5.69 Å². The van der Waals surface area contributed by atoms with Crippen molar-refractivity contribution in [3.8, 4) is 0 Å². The highest BCUT2D eigenvalue weighted by Gasteiger charge is 2.08. The smallest absolute Gasteiger partial charge is 0.251 e. The van der Waals surface area contributed by atoms with Crippen LogP contribution in [0.15, 0.2) is 24.3 Å². The van der Waals surface area contributed by atoms with Crippen LogP contribution in [-0.4, -0.2) is 57.6 Å². The predicted molar refractivity (Wildman–Crippen MR) is 82.5 cm³/mol. The lowest BCUT2D eigenvalue weighted by molar-refractivity contribution is -0.116. The predicted octanol–water partition coefficient (Wildman–Crippen LogP) is 0.953. The van der Waals surface area contributed by atoms with Crippen molar-refractivity contribution in [3.05, 3.63) is 29.8 Å². The average molecular weight is 293 g/mol. The first-order valence-corrected chi connectivity index (χ1v) is 6.84. The number of anilines is 1. The van der Waals surface area contributed by atoms with E-state index in [1.807, 2.05) is 14.1 Å². The van der Waals surface area contributed by atoms with E-state index in [-0.39, 0.29) is 11.8 Å². The van der Waals surface area contributed by atoms with Gasteiger partial charge in [-0.05, 0) is 38.7 Å². The van der Waals surface area contributed by atoms with Gasteiger partial charge in [0.1, 0.15) is 0 Å². The first-order chi connectivity index (χ1) is 10.0. The molecule has 0 heterocycles. The SMILES string of the molecule is COCCCNC(=O)c1cccc(NC(=O)CN(C)C)c1. The number of likely N-dealkylation sites (N-methyl/N-ethyl adjacent to an activating group) is 1. The molecule has 0 fully saturated rings. The number of hydrogen-bond acceptors (Lipinski definition) is 4. The summed E-state index contributed by atoms with van der Waals surface area (Å²) in [7, 11) is 5.27. The minimum Gasteiger partial charge on any atom is -0.385 e. The maximum atomic E-state index is 12.0. The summed E-state index contributed by atoms with van der Waals surface area (Å²) >= 11 is 0. The largest absolute Gasteiger partial charge is 0.385 e. The number of nitrogens with one attached hydrogen (secondary N) is 2. The lowest BCUT2D eigenvalue weighted by Crippen LogP contribution is -2.27. The van der Waals surface area contributed by atoms with E-state index in [4.69, 9.17) is 4.74 Å². The molecule has 0 aliphatic rings. The highest BCUT2D eigenvalue weighted by Crippen LogP contribution is 2.10. The van der Waals surface area contributed by atoms with Crippen LogP contribution in [-0.2, 0) is 9.53 Å². The molecule has 6 heteroatoms. The third kappa shape index (κ3) is 6.87. The number of methoxy groups -OCH3 is 1. The molecule has 0 unspecified atom stereocenters. The molecule has 0 aromatic heterocycles. The zero-order valence-corrected chi connectivity index (χ0v) is 12.8. The van der Waals surface area contributed by atoms with Crippen LogP contribution in [0.1, 0.15) is 16.8 Å². The normalized spacial score (nSPS) is 10.5. The summed E-state index contributed by atoms with van der Waals surface area (Å²) in [5.41, 5.74) is 1.14. The van der Waals surface area contributed by atoms with Crippen molar-refractivity contribution in [2.75, 3.05) is 46.2 Å². The molecule has 0 aliphatic heterocycles. The molecule has 2 amide bonds. The number of amides is 2. The topological polar surface area (TPSA) is 70.7 Å². The first-order valence-electron chi connectivity index (χ1n) is 6.84. The van der Waals surface area contributed by atoms with E-state index in [9.17, 15) is 9.59 Å². The fourth-order valence-corrected chi connectivity index (χ4v) is 1.75. The van der Waals surface area contributed by atoms with Crippen LogP contribution in [0.25, 0.3) is 0 Å². The monoisotopic (exact) mass is 293 g/mol. The molecule has 0 atom stereocenters. The van der Waals surface area contributed by atoms with Crippen LogP contribution in [0.2, 0.25) is 0 Å². The van der Waals surface area contributed by atoms with Crippen molar-refractivity contribution < 1.29 is 14.3 Å². The molecule has 21 heavy (non-hydrogen) atoms. The van der Waals surface area contributed by atoms with Crippen molar-refractivity contribution in [2.24, 2.45) is 0 Å². The summed E-state index contributed by atoms with van der Waals surface area (Å²) in [6.07, 6.45) is 0.765. The van der Waals surface area contributed by atoms with Crippen molar-refractivity contribution in [1.82, 2.24) is 10.2 Å². The fourth-order valence-electron chi connectivity index (χ4n) is 1.75. The third-order valence-electron chi connectivity index (χ3n) is 2.68. The van der Waals surface area contributed by atoms with Gasteiger partial charge in [0.05, 0.1) is 6.54 Å². The van der Waals surface area contributed by atoms with Crippen LogP contribution in [0.5, 0.6) is 0 Å². The van der Waals surface area contributed by atoms with Crippen LogP contribution in [0.3, 0.4) is 0 Å². The molecular weight excluding hydrogens is 270 g/mol. The lowest BCUT2D eigenvalue weighted by atomic mass is 10.2. The van der Waals surface area contributed by atoms with Crippen molar-refractivity contribution in [1.29, 1.82) is 0 Å². The maximum Gasteiger partial charge on any atom is 0.251 e. The molecule has 1 rings (SSSR count). The molecule has 1 aromatic rings. The van der Waals surface area contributed by atoms with Crippen LogP contribution >= 0.6 is 0 Å². The molecule has 0 saturated carbocycles. The first kappa shape index (κ1) is 17.1. The summed E-state index contributed by atoms with van der Waals surface area (Å²) in [5.74, 6) is -0.271. The van der Waals surface area contributed by atoms with Gasteiger partial charge in [-0.15, -0.1) is 0 Å². The number of ether oxygens (including phenoxy) is 1. The lowest BCUT2D eigenvalue weighted by Gasteiger charge is -2.11. The van der Waals surface area contributed by atoms with Crippen molar-refractivity contribution in [3.63, 3.8) is 0 Å². The summed E-state index contributed by atoms with van der Waals surface area (Å²) in [4.78, 5) is 25.4. The van der Waals surface area contributed by atoms with Gasteiger partial charge in [0.25, 0.3) is 5.91 Å². The Morgan fingerprint density at radius 1 is 1.29 bits per heavy atom. The number of carbonyl (C=O) groups is 2. The van der Waals surface area contributed by atoms with Crippen LogP contribution < -0.4 is 10.6 Å². The van der Waals surface area contributed by atoms with Crippen LogP contribution in [0, 0.1) is 0 Å². The van der Waals surface area contributed by atoms with E-state index in [0.717, 1.165) is 6.42 Å². The average Bonchev–Trinajstić information content (AvgIpc) is 2.42. The quantitative estimate of drug-likeness (QED) is 0.700. The molecule has 1 aromatic carbocycles. The minimum atomic E-state index is -0.158. The van der Waals surface area contributed by atoms with Gasteiger partial charge in [-0.2, -0.15) is 0 Å². The van der Waals surface area contributed by atoms with Gasteiger partial charge >= 0.3 is 0 Å². The van der Waals surface area contributed by atoms with Gasteiger partial charge < -0.3 is 20.3 Å². The third-order valence-corrected chi connectivity index (χ3v) is 2.68. The van der Waals surface area contributed by atoms with E-state index >= 15 is 0 Å². The molecule has 0 saturated heterocycles. The van der Waals surface area contributed by atoms with Gasteiger partial charge in [-0.3, -0.25) is 9.59 Å².